The van der Waals surface area contributed by atoms with Crippen molar-refractivity contribution in [3.8, 4) is 11.5 Å². The van der Waals surface area contributed by atoms with Crippen LogP contribution in [0.4, 0.5) is 0 Å². The first-order chi connectivity index (χ1) is 5.66. The van der Waals surface area contributed by atoms with Crippen LogP contribution in [-0.2, 0) is 0 Å². The molecule has 0 aliphatic heterocycles. The van der Waals surface area contributed by atoms with Gasteiger partial charge in [0.05, 0.1) is 7.11 Å². The number of methoxy groups -OCH3 is 1. The number of hydrogen-bond acceptors (Lipinski definition) is 3. The van der Waals surface area contributed by atoms with E-state index >= 15 is 0 Å². The van der Waals surface area contributed by atoms with Crippen molar-refractivity contribution in [2.24, 2.45) is 0 Å². The molecule has 66 valence electrons. The molecule has 0 unspecified atom stereocenters. The summed E-state index contributed by atoms with van der Waals surface area (Å²) in [7, 11) is 1.36. The molecule has 5 heteroatoms. The Morgan fingerprint density at radius 3 is 2.62 bits per heavy atom. The van der Waals surface area contributed by atoms with Gasteiger partial charge >= 0.3 is 57.4 Å². The van der Waals surface area contributed by atoms with Crippen LogP contribution in [0.1, 0.15) is 11.8 Å². The molecule has 0 amide bonds. The second-order valence-electron chi connectivity index (χ2n) is 2.16. The van der Waals surface area contributed by atoms with E-state index in [1.54, 1.807) is 0 Å². The molecule has 0 atom stereocenters. The van der Waals surface area contributed by atoms with Crippen molar-refractivity contribution in [2.75, 3.05) is 7.11 Å². The van der Waals surface area contributed by atoms with E-state index in [1.165, 1.54) is 25.3 Å². The van der Waals surface area contributed by atoms with E-state index in [1.807, 2.05) is 0 Å². The maximum absolute atomic E-state index is 10.5. The van der Waals surface area contributed by atoms with Crippen molar-refractivity contribution < 1.29 is 72.6 Å². The Morgan fingerprint density at radius 2 is 2.15 bits per heavy atom. The van der Waals surface area contributed by atoms with Crippen LogP contribution in [0.5, 0.6) is 11.5 Å². The average Bonchev–Trinajstić information content (AvgIpc) is 2.04. The summed E-state index contributed by atoms with van der Waals surface area (Å²) in [6, 6.07) is 4.30. The zero-order valence-electron chi connectivity index (χ0n) is 8.44. The molecule has 0 saturated heterocycles. The Balaban J connectivity index is 0. The normalized spacial score (nSPS) is 8.69. The first kappa shape index (κ1) is 12.9. The third-order valence-corrected chi connectivity index (χ3v) is 1.45. The van der Waals surface area contributed by atoms with Gasteiger partial charge in [-0.05, 0) is 12.1 Å². The largest absolute Gasteiger partial charge is 1.00 e. The topological polar surface area (TPSA) is 66.8 Å². The van der Waals surface area contributed by atoms with E-state index in [-0.39, 0.29) is 69.9 Å². The van der Waals surface area contributed by atoms with Crippen molar-refractivity contribution in [1.82, 2.24) is 0 Å². The summed E-state index contributed by atoms with van der Waals surface area (Å²) in [4.78, 5) is 10.5. The third kappa shape index (κ3) is 2.96. The summed E-state index contributed by atoms with van der Waals surface area (Å²) in [5.74, 6) is -1.35. The van der Waals surface area contributed by atoms with E-state index in [9.17, 15) is 9.90 Å². The Labute approximate surface area is 119 Å². The van der Waals surface area contributed by atoms with E-state index in [4.69, 9.17) is 9.84 Å². The van der Waals surface area contributed by atoms with Crippen LogP contribution in [0.15, 0.2) is 18.2 Å². The number of carbonyl (C=O) groups is 1. The molecule has 0 bridgehead atoms. The second kappa shape index (κ2) is 5.61. The van der Waals surface area contributed by atoms with Crippen molar-refractivity contribution >= 4 is 5.97 Å². The van der Waals surface area contributed by atoms with E-state index < -0.39 is 5.97 Å². The molecular formula is C8H9KO4. The molecule has 4 nitrogen and oxygen atoms in total. The SMILES string of the molecule is COc1cccc(C(=O)O)c1O.[H-].[K+]. The van der Waals surface area contributed by atoms with Crippen LogP contribution in [-0.4, -0.2) is 23.3 Å². The Kier molecular flexibility index (Phi) is 5.58. The Bertz CT molecular complexity index is 316. The minimum Gasteiger partial charge on any atom is -1.00 e. The van der Waals surface area contributed by atoms with Crippen molar-refractivity contribution in [1.29, 1.82) is 0 Å². The van der Waals surface area contributed by atoms with Gasteiger partial charge < -0.3 is 16.4 Å². The molecule has 13 heavy (non-hydrogen) atoms. The number of rotatable bonds is 2. The van der Waals surface area contributed by atoms with Gasteiger partial charge in [-0.15, -0.1) is 0 Å². The zero-order chi connectivity index (χ0) is 9.14. The third-order valence-electron chi connectivity index (χ3n) is 1.45. The maximum Gasteiger partial charge on any atom is 1.00 e. The molecule has 1 aromatic rings. The molecule has 0 spiro atoms. The molecule has 0 radical (unpaired) electrons. The molecule has 0 heterocycles. The van der Waals surface area contributed by atoms with Gasteiger partial charge in [0, 0.05) is 0 Å². The quantitative estimate of drug-likeness (QED) is 0.564. The minimum atomic E-state index is -1.17. The predicted octanol–water partition coefficient (Wildman–Crippen LogP) is -1.78. The number of carboxylic acid groups (broad SMARTS) is 1. The van der Waals surface area contributed by atoms with Crippen LogP contribution >= 0.6 is 0 Å². The van der Waals surface area contributed by atoms with Gasteiger partial charge in [-0.25, -0.2) is 4.79 Å². The van der Waals surface area contributed by atoms with E-state index in [0.717, 1.165) is 0 Å². The van der Waals surface area contributed by atoms with Crippen LogP contribution in [0.3, 0.4) is 0 Å². The predicted molar refractivity (Wildman–Crippen MR) is 42.7 cm³/mol. The summed E-state index contributed by atoms with van der Waals surface area (Å²) in [5, 5.41) is 17.8. The van der Waals surface area contributed by atoms with Crippen molar-refractivity contribution in [3.05, 3.63) is 23.8 Å². The number of aromatic carboxylic acids is 1. The maximum atomic E-state index is 10.5. The molecule has 1 aromatic carbocycles. The summed E-state index contributed by atoms with van der Waals surface area (Å²) < 4.78 is 4.72. The molecule has 0 aliphatic carbocycles. The average molecular weight is 208 g/mol. The fraction of sp³-hybridized carbons (Fsp3) is 0.125. The standard InChI is InChI=1S/C8H8O4.K.H/c1-12-6-4-2-3-5(7(6)9)8(10)11;;/h2-4,9H,1H3,(H,10,11);;/q;+1;-1. The number of hydrogen-bond donors (Lipinski definition) is 2. The summed E-state index contributed by atoms with van der Waals surface area (Å²) in [6.45, 7) is 0. The zero-order valence-corrected chi connectivity index (χ0v) is 10.6. The Hall–Kier alpha value is -0.0736. The summed E-state index contributed by atoms with van der Waals surface area (Å²) in [6.07, 6.45) is 0. The number of para-hydroxylation sites is 1. The monoisotopic (exact) mass is 208 g/mol. The van der Waals surface area contributed by atoms with Crippen LogP contribution < -0.4 is 56.1 Å². The van der Waals surface area contributed by atoms with Gasteiger partial charge in [-0.3, -0.25) is 0 Å². The first-order valence-electron chi connectivity index (χ1n) is 3.26. The molecule has 0 aromatic heterocycles. The first-order valence-corrected chi connectivity index (χ1v) is 3.26. The van der Waals surface area contributed by atoms with Crippen LogP contribution in [0.2, 0.25) is 0 Å². The molecular weight excluding hydrogens is 199 g/mol. The number of ether oxygens (including phenoxy) is 1. The summed E-state index contributed by atoms with van der Waals surface area (Å²) in [5.41, 5.74) is -0.158. The van der Waals surface area contributed by atoms with Crippen molar-refractivity contribution in [2.45, 2.75) is 0 Å². The minimum absolute atomic E-state index is 0. The second-order valence-corrected chi connectivity index (χ2v) is 2.16. The molecule has 1 rings (SSSR count). The van der Waals surface area contributed by atoms with Crippen molar-refractivity contribution in [3.63, 3.8) is 0 Å². The fourth-order valence-corrected chi connectivity index (χ4v) is 0.860. The molecule has 2 N–H and O–H groups in total. The van der Waals surface area contributed by atoms with Gasteiger partial charge in [-0.1, -0.05) is 6.07 Å². The number of benzene rings is 1. The van der Waals surface area contributed by atoms with Gasteiger partial charge in [0.1, 0.15) is 5.56 Å². The van der Waals surface area contributed by atoms with Crippen LogP contribution in [0.25, 0.3) is 0 Å². The molecule has 0 saturated carbocycles. The number of carboxylic acids is 1. The van der Waals surface area contributed by atoms with Crippen LogP contribution in [0, 0.1) is 0 Å². The number of aromatic hydroxyl groups is 1. The van der Waals surface area contributed by atoms with Gasteiger partial charge in [0.15, 0.2) is 11.5 Å². The Morgan fingerprint density at radius 1 is 1.54 bits per heavy atom. The fourth-order valence-electron chi connectivity index (χ4n) is 0.860. The number of phenols is 1. The molecule has 0 aliphatic rings. The van der Waals surface area contributed by atoms with Gasteiger partial charge in [0.2, 0.25) is 0 Å². The van der Waals surface area contributed by atoms with E-state index in [2.05, 4.69) is 0 Å². The molecule has 0 fully saturated rings. The smallest absolute Gasteiger partial charge is 1.00 e. The van der Waals surface area contributed by atoms with Gasteiger partial charge in [0.25, 0.3) is 0 Å². The van der Waals surface area contributed by atoms with Gasteiger partial charge in [-0.2, -0.15) is 0 Å². The van der Waals surface area contributed by atoms with E-state index in [0.29, 0.717) is 0 Å². The summed E-state index contributed by atoms with van der Waals surface area (Å²) >= 11 is 0.